The summed E-state index contributed by atoms with van der Waals surface area (Å²) in [6, 6.07) is 5.78. The molecule has 7 heteroatoms. The van der Waals surface area contributed by atoms with Crippen LogP contribution in [-0.2, 0) is 25.6 Å². The maximum absolute atomic E-state index is 12.0. The van der Waals surface area contributed by atoms with Gasteiger partial charge in [0.05, 0.1) is 11.7 Å². The fraction of sp³-hybridized carbons (Fsp3) is 0.476. The van der Waals surface area contributed by atoms with E-state index in [4.69, 9.17) is 9.47 Å². The minimum Gasteiger partial charge on any atom is -0.419 e. The number of nitrogens with one attached hydrogen (secondary N) is 1. The van der Waals surface area contributed by atoms with Crippen molar-refractivity contribution in [1.29, 1.82) is 0 Å². The van der Waals surface area contributed by atoms with Crippen LogP contribution in [0.15, 0.2) is 36.2 Å². The van der Waals surface area contributed by atoms with Gasteiger partial charge in [-0.1, -0.05) is 32.6 Å². The minimum absolute atomic E-state index is 0.163. The molecule has 1 aliphatic heterocycles. The van der Waals surface area contributed by atoms with Crippen LogP contribution in [0, 0.1) is 0 Å². The van der Waals surface area contributed by atoms with Gasteiger partial charge in [0, 0.05) is 37.7 Å². The lowest BCUT2D eigenvalue weighted by Gasteiger charge is -2.29. The number of anilines is 1. The Morgan fingerprint density at radius 3 is 2.54 bits per heavy atom. The van der Waals surface area contributed by atoms with E-state index in [1.807, 2.05) is 29.1 Å². The molecule has 0 aliphatic carbocycles. The molecule has 1 aliphatic rings. The van der Waals surface area contributed by atoms with E-state index in [9.17, 15) is 9.59 Å². The lowest BCUT2D eigenvalue weighted by atomic mass is 10.1. The third kappa shape index (κ3) is 4.71. The van der Waals surface area contributed by atoms with E-state index in [-0.39, 0.29) is 5.57 Å². The first-order chi connectivity index (χ1) is 13.4. The number of carbonyl (C=O) groups is 2. The van der Waals surface area contributed by atoms with Crippen molar-refractivity contribution in [1.82, 2.24) is 9.78 Å². The maximum atomic E-state index is 12.0. The molecule has 0 radical (unpaired) electrons. The van der Waals surface area contributed by atoms with E-state index in [0.29, 0.717) is 0 Å². The molecule has 2 aromatic rings. The van der Waals surface area contributed by atoms with Crippen molar-refractivity contribution in [3.63, 3.8) is 0 Å². The Bertz CT molecular complexity index is 876. The number of nitrogens with zero attached hydrogens (tertiary/aromatic N) is 2. The van der Waals surface area contributed by atoms with Crippen molar-refractivity contribution in [2.75, 3.05) is 5.32 Å². The van der Waals surface area contributed by atoms with Gasteiger partial charge in [-0.25, -0.2) is 9.59 Å². The van der Waals surface area contributed by atoms with Crippen LogP contribution in [0.5, 0.6) is 0 Å². The van der Waals surface area contributed by atoms with Gasteiger partial charge in [-0.3, -0.25) is 4.68 Å². The van der Waals surface area contributed by atoms with Crippen molar-refractivity contribution in [3.8, 4) is 0 Å². The zero-order valence-electron chi connectivity index (χ0n) is 16.7. The molecule has 3 rings (SSSR count). The van der Waals surface area contributed by atoms with Gasteiger partial charge in [0.1, 0.15) is 0 Å². The van der Waals surface area contributed by atoms with Crippen LogP contribution in [0.3, 0.4) is 0 Å². The number of unbranched alkanes of at least 4 members (excludes halogenated alkanes) is 4. The number of cyclic esters (lactones) is 2. The molecule has 0 bridgehead atoms. The molecule has 0 saturated carbocycles. The summed E-state index contributed by atoms with van der Waals surface area (Å²) in [4.78, 5) is 24.0. The summed E-state index contributed by atoms with van der Waals surface area (Å²) in [5, 5.41) is 8.51. The summed E-state index contributed by atoms with van der Waals surface area (Å²) in [6.45, 7) is 6.11. The average molecular weight is 385 g/mol. The lowest BCUT2D eigenvalue weighted by molar-refractivity contribution is -0.222. The molecule has 0 unspecified atom stereocenters. The van der Waals surface area contributed by atoms with E-state index in [0.717, 1.165) is 29.6 Å². The second-order valence-electron chi connectivity index (χ2n) is 7.44. The molecule has 7 nitrogen and oxygen atoms in total. The Labute approximate surface area is 164 Å². The van der Waals surface area contributed by atoms with Gasteiger partial charge in [0.15, 0.2) is 5.57 Å². The van der Waals surface area contributed by atoms with Crippen LogP contribution in [0.2, 0.25) is 0 Å². The highest BCUT2D eigenvalue weighted by Gasteiger charge is 2.38. The van der Waals surface area contributed by atoms with Gasteiger partial charge in [0.25, 0.3) is 5.79 Å². The topological polar surface area (TPSA) is 82.5 Å². The molecule has 28 heavy (non-hydrogen) atoms. The Kier molecular flexibility index (Phi) is 6.02. The van der Waals surface area contributed by atoms with Crippen molar-refractivity contribution in [2.45, 2.75) is 65.2 Å². The van der Waals surface area contributed by atoms with Crippen LogP contribution in [-0.4, -0.2) is 27.5 Å². The molecule has 1 aromatic carbocycles. The van der Waals surface area contributed by atoms with Crippen LogP contribution >= 0.6 is 0 Å². The average Bonchev–Trinajstić information content (AvgIpc) is 3.02. The van der Waals surface area contributed by atoms with Gasteiger partial charge in [-0.05, 0) is 24.6 Å². The molecular weight excluding hydrogens is 358 g/mol. The lowest BCUT2D eigenvalue weighted by Crippen LogP contribution is -2.42. The summed E-state index contributed by atoms with van der Waals surface area (Å²) >= 11 is 0. The maximum Gasteiger partial charge on any atom is 0.350 e. The van der Waals surface area contributed by atoms with Crippen molar-refractivity contribution in [2.24, 2.45) is 0 Å². The number of carbonyl (C=O) groups excluding carboxylic acids is 2. The first-order valence-electron chi connectivity index (χ1n) is 9.78. The van der Waals surface area contributed by atoms with Gasteiger partial charge < -0.3 is 14.8 Å². The second-order valence-corrected chi connectivity index (χ2v) is 7.44. The highest BCUT2D eigenvalue weighted by atomic mass is 16.7. The summed E-state index contributed by atoms with van der Waals surface area (Å²) in [6.07, 6.45) is 9.21. The standard InChI is InChI=1S/C21H27N3O4/c1-4-5-6-7-8-11-24-18-12-16(10-9-15(18)13-23-24)22-14-17-19(25)27-21(2,3)28-20(17)26/h9-10,12-14,22H,4-8,11H2,1-3H3. The van der Waals surface area contributed by atoms with E-state index in [1.165, 1.54) is 45.7 Å². The fourth-order valence-corrected chi connectivity index (χ4v) is 3.14. The highest BCUT2D eigenvalue weighted by Crippen LogP contribution is 2.24. The fourth-order valence-electron chi connectivity index (χ4n) is 3.14. The first-order valence-corrected chi connectivity index (χ1v) is 9.78. The smallest absolute Gasteiger partial charge is 0.350 e. The molecular formula is C21H27N3O4. The van der Waals surface area contributed by atoms with Gasteiger partial charge in [0.2, 0.25) is 0 Å². The van der Waals surface area contributed by atoms with Crippen molar-refractivity contribution in [3.05, 3.63) is 36.2 Å². The van der Waals surface area contributed by atoms with Crippen LogP contribution in [0.1, 0.15) is 52.9 Å². The number of rotatable bonds is 8. The molecule has 0 spiro atoms. The summed E-state index contributed by atoms with van der Waals surface area (Å²) in [5.41, 5.74) is 1.59. The Balaban J connectivity index is 1.69. The number of fused-ring (bicyclic) bond motifs is 1. The van der Waals surface area contributed by atoms with Crippen molar-refractivity contribution < 1.29 is 19.1 Å². The third-order valence-electron chi connectivity index (χ3n) is 4.62. The van der Waals surface area contributed by atoms with Crippen molar-refractivity contribution >= 4 is 28.5 Å². The highest BCUT2D eigenvalue weighted by molar-refractivity contribution is 6.15. The number of aromatic nitrogens is 2. The number of benzene rings is 1. The van der Waals surface area contributed by atoms with E-state index in [1.54, 1.807) is 0 Å². The molecule has 0 amide bonds. The Morgan fingerprint density at radius 2 is 1.82 bits per heavy atom. The number of ether oxygens (including phenoxy) is 2. The molecule has 1 saturated heterocycles. The molecule has 0 atom stereocenters. The van der Waals surface area contributed by atoms with Gasteiger partial charge in [-0.15, -0.1) is 0 Å². The third-order valence-corrected chi connectivity index (χ3v) is 4.62. The Hall–Kier alpha value is -2.83. The molecule has 2 heterocycles. The van der Waals surface area contributed by atoms with Crippen LogP contribution < -0.4 is 5.32 Å². The predicted octanol–water partition coefficient (Wildman–Crippen LogP) is 4.14. The van der Waals surface area contributed by atoms with E-state index < -0.39 is 17.7 Å². The second kappa shape index (κ2) is 8.46. The number of aryl methyl sites for hydroxylation is 1. The van der Waals surface area contributed by atoms with Crippen LogP contribution in [0.4, 0.5) is 5.69 Å². The van der Waals surface area contributed by atoms with Gasteiger partial charge in [-0.2, -0.15) is 5.10 Å². The van der Waals surface area contributed by atoms with E-state index in [2.05, 4.69) is 17.3 Å². The summed E-state index contributed by atoms with van der Waals surface area (Å²) in [7, 11) is 0. The predicted molar refractivity (Wildman–Crippen MR) is 106 cm³/mol. The normalized spacial score (nSPS) is 16.0. The van der Waals surface area contributed by atoms with Crippen LogP contribution in [0.25, 0.3) is 10.9 Å². The summed E-state index contributed by atoms with van der Waals surface area (Å²) < 4.78 is 12.2. The number of esters is 2. The Morgan fingerprint density at radius 1 is 1.11 bits per heavy atom. The van der Waals surface area contributed by atoms with Gasteiger partial charge >= 0.3 is 11.9 Å². The molecule has 150 valence electrons. The largest absolute Gasteiger partial charge is 0.419 e. The minimum atomic E-state index is -1.24. The number of hydrogen-bond acceptors (Lipinski definition) is 6. The molecule has 1 N–H and O–H groups in total. The monoisotopic (exact) mass is 385 g/mol. The zero-order valence-corrected chi connectivity index (χ0v) is 16.7. The SMILES string of the molecule is CCCCCCCn1ncc2ccc(NC=C3C(=O)OC(C)(C)OC3=O)cc21. The molecule has 1 aromatic heterocycles. The first kappa shape index (κ1) is 19.9. The zero-order chi connectivity index (χ0) is 20.1. The quantitative estimate of drug-likeness (QED) is 0.318. The van der Waals surface area contributed by atoms with E-state index >= 15 is 0 Å². The molecule has 1 fully saturated rings. The summed E-state index contributed by atoms with van der Waals surface area (Å²) in [5.74, 6) is -2.65. The number of hydrogen-bond donors (Lipinski definition) is 1.